The zero-order valence-corrected chi connectivity index (χ0v) is 23.2. The fourth-order valence-electron chi connectivity index (χ4n) is 3.02. The van der Waals surface area contributed by atoms with E-state index in [-0.39, 0.29) is 5.91 Å². The number of nitrogens with zero attached hydrogens (tertiary/aromatic N) is 5. The summed E-state index contributed by atoms with van der Waals surface area (Å²) in [5.74, 6) is 1.67. The van der Waals surface area contributed by atoms with Gasteiger partial charge in [-0.2, -0.15) is 0 Å². The lowest BCUT2D eigenvalue weighted by molar-refractivity contribution is -0.125. The molecular weight excluding hydrogens is 478 g/mol. The number of rotatable bonds is 10. The fourth-order valence-corrected chi connectivity index (χ4v) is 3.92. The topological polar surface area (TPSA) is 113 Å². The Bertz CT molecular complexity index is 1110. The maximum Gasteiger partial charge on any atom is 0.410 e. The average molecular weight is 516 g/mol. The van der Waals surface area contributed by atoms with Crippen molar-refractivity contribution in [1.82, 2.24) is 25.2 Å². The van der Waals surface area contributed by atoms with Crippen molar-refractivity contribution in [2.24, 2.45) is 0 Å². The van der Waals surface area contributed by atoms with Crippen molar-refractivity contribution in [3.63, 3.8) is 0 Å². The number of hydrogen-bond donors (Lipinski definition) is 2. The third kappa shape index (κ3) is 8.33. The lowest BCUT2D eigenvalue weighted by atomic mass is 10.2. The van der Waals surface area contributed by atoms with Crippen LogP contribution >= 0.6 is 11.3 Å². The molecule has 10 nitrogen and oxygen atoms in total. The van der Waals surface area contributed by atoms with E-state index < -0.39 is 17.7 Å². The first-order valence-corrected chi connectivity index (χ1v) is 12.5. The zero-order valence-electron chi connectivity index (χ0n) is 22.4. The normalized spacial score (nSPS) is 12.5. The number of likely N-dealkylation sites (N-methyl/N-ethyl adjacent to an activating group) is 2. The monoisotopic (exact) mass is 515 g/mol. The van der Waals surface area contributed by atoms with Crippen LogP contribution in [0.25, 0.3) is 5.57 Å². The maximum absolute atomic E-state index is 12.5. The van der Waals surface area contributed by atoms with E-state index >= 15 is 0 Å². The Morgan fingerprint density at radius 1 is 1.28 bits per heavy atom. The van der Waals surface area contributed by atoms with Crippen molar-refractivity contribution < 1.29 is 14.3 Å². The van der Waals surface area contributed by atoms with Gasteiger partial charge in [0.05, 0.1) is 4.88 Å². The van der Waals surface area contributed by atoms with Gasteiger partial charge in [0.1, 0.15) is 29.1 Å². The van der Waals surface area contributed by atoms with Crippen LogP contribution in [0.4, 0.5) is 21.6 Å². The molecule has 36 heavy (non-hydrogen) atoms. The van der Waals surface area contributed by atoms with Crippen molar-refractivity contribution in [3.05, 3.63) is 41.7 Å². The van der Waals surface area contributed by atoms with Crippen molar-refractivity contribution >= 4 is 45.7 Å². The van der Waals surface area contributed by atoms with Gasteiger partial charge in [0.25, 0.3) is 0 Å². The van der Waals surface area contributed by atoms with Gasteiger partial charge in [-0.05, 0) is 47.1 Å². The van der Waals surface area contributed by atoms with Gasteiger partial charge in [0.15, 0.2) is 5.13 Å². The highest BCUT2D eigenvalue weighted by molar-refractivity contribution is 7.16. The molecule has 2 rings (SSSR count). The van der Waals surface area contributed by atoms with Crippen molar-refractivity contribution in [2.45, 2.75) is 53.2 Å². The number of ether oxygens (including phenoxy) is 1. The molecule has 0 unspecified atom stereocenters. The minimum Gasteiger partial charge on any atom is -0.444 e. The van der Waals surface area contributed by atoms with Gasteiger partial charge >= 0.3 is 6.09 Å². The molecule has 2 heterocycles. The molecule has 2 aromatic rings. The molecule has 11 heteroatoms. The minimum absolute atomic E-state index is 0.266. The summed E-state index contributed by atoms with van der Waals surface area (Å²) in [5, 5.41) is 6.82. The number of aromatic nitrogens is 3. The summed E-state index contributed by atoms with van der Waals surface area (Å²) < 4.78 is 5.33. The summed E-state index contributed by atoms with van der Waals surface area (Å²) in [6.45, 7) is 15.5. The predicted molar refractivity (Wildman–Crippen MR) is 146 cm³/mol. The number of thiazole rings is 1. The van der Waals surface area contributed by atoms with Gasteiger partial charge < -0.3 is 20.3 Å². The molecule has 1 atom stereocenters. The van der Waals surface area contributed by atoms with Gasteiger partial charge in [-0.3, -0.25) is 9.69 Å². The molecule has 196 valence electrons. The number of nitrogens with one attached hydrogen (secondary N) is 2. The summed E-state index contributed by atoms with van der Waals surface area (Å²) in [6, 6.07) is 1.16. The SMILES string of the molecule is C=C/C(=C\C)c1cnc(Nc2cc(N(C)CCNC(=O)[C@H](C)N(C)C(=O)OC(C)(C)C)nc(C)n2)s1. The standard InChI is InChI=1S/C25H37N7O3S/c1-10-18(11-2)19-15-27-23(36-19)30-20-14-21(29-17(4)28-20)31(8)13-12-26-22(33)16(3)32(9)24(34)35-25(5,6)7/h10-11,14-16H,1,12-13H2,2-9H3,(H,26,33)(H,27,28,29,30)/b18-11+/t16-/m0/s1. The second kappa shape index (κ2) is 12.5. The van der Waals surface area contributed by atoms with Crippen LogP contribution in [0, 0.1) is 6.92 Å². The summed E-state index contributed by atoms with van der Waals surface area (Å²) in [6.07, 6.45) is 5.04. The Morgan fingerprint density at radius 2 is 1.97 bits per heavy atom. The van der Waals surface area contributed by atoms with E-state index in [1.165, 1.54) is 16.2 Å². The lowest BCUT2D eigenvalue weighted by Crippen LogP contribution is -2.48. The Kier molecular flexibility index (Phi) is 9.97. The Morgan fingerprint density at radius 3 is 2.58 bits per heavy atom. The minimum atomic E-state index is -0.672. The summed E-state index contributed by atoms with van der Waals surface area (Å²) in [7, 11) is 3.43. The van der Waals surface area contributed by atoms with Crippen LogP contribution in [-0.4, -0.2) is 70.7 Å². The number of amides is 2. The van der Waals surface area contributed by atoms with Crippen LogP contribution in [0.1, 0.15) is 45.3 Å². The molecule has 2 aromatic heterocycles. The molecule has 2 amide bonds. The van der Waals surface area contributed by atoms with Gasteiger partial charge in [-0.1, -0.05) is 30.1 Å². The van der Waals surface area contributed by atoms with Crippen LogP contribution in [-0.2, 0) is 9.53 Å². The van der Waals surface area contributed by atoms with E-state index in [0.717, 1.165) is 10.5 Å². The average Bonchev–Trinajstić information content (AvgIpc) is 3.25. The molecule has 2 N–H and O–H groups in total. The van der Waals surface area contributed by atoms with Gasteiger partial charge in [0, 0.05) is 39.4 Å². The Hall–Kier alpha value is -3.47. The molecule has 0 aliphatic carbocycles. The zero-order chi connectivity index (χ0) is 27.0. The fraction of sp³-hybridized carbons (Fsp3) is 0.480. The molecule has 0 radical (unpaired) electrons. The quantitative estimate of drug-likeness (QED) is 0.448. The third-order valence-electron chi connectivity index (χ3n) is 5.16. The van der Waals surface area contributed by atoms with Crippen LogP contribution in [0.15, 0.2) is 31.0 Å². The maximum atomic E-state index is 12.5. The Balaban J connectivity index is 1.95. The number of allylic oxidation sites excluding steroid dienone is 3. The second-order valence-electron chi connectivity index (χ2n) is 9.24. The van der Waals surface area contributed by atoms with Gasteiger partial charge in [-0.25, -0.2) is 19.7 Å². The van der Waals surface area contributed by atoms with Crippen molar-refractivity contribution in [3.8, 4) is 0 Å². The molecular formula is C25H37N7O3S. The molecule has 0 saturated heterocycles. The van der Waals surface area contributed by atoms with E-state index in [1.807, 2.05) is 37.9 Å². The molecule has 0 bridgehead atoms. The van der Waals surface area contributed by atoms with Crippen molar-refractivity contribution in [1.29, 1.82) is 0 Å². The molecule has 0 aliphatic rings. The van der Waals surface area contributed by atoms with Crippen LogP contribution in [0.2, 0.25) is 0 Å². The number of hydrogen-bond acceptors (Lipinski definition) is 9. The molecule has 0 spiro atoms. The van der Waals surface area contributed by atoms with Gasteiger partial charge in [0.2, 0.25) is 5.91 Å². The Labute approximate surface area is 217 Å². The first-order valence-electron chi connectivity index (χ1n) is 11.7. The van der Waals surface area contributed by atoms with Crippen LogP contribution in [0.3, 0.4) is 0 Å². The number of aryl methyl sites for hydroxylation is 1. The summed E-state index contributed by atoms with van der Waals surface area (Å²) in [5.41, 5.74) is 0.393. The predicted octanol–water partition coefficient (Wildman–Crippen LogP) is 4.38. The molecule has 0 saturated carbocycles. The third-order valence-corrected chi connectivity index (χ3v) is 6.12. The first-order chi connectivity index (χ1) is 16.8. The highest BCUT2D eigenvalue weighted by Crippen LogP contribution is 2.28. The number of carbonyl (C=O) groups is 2. The van der Waals surface area contributed by atoms with Crippen LogP contribution in [0.5, 0.6) is 0 Å². The molecule has 0 aromatic carbocycles. The van der Waals surface area contributed by atoms with E-state index in [2.05, 4.69) is 32.2 Å². The summed E-state index contributed by atoms with van der Waals surface area (Å²) >= 11 is 1.51. The van der Waals surface area contributed by atoms with Gasteiger partial charge in [-0.15, -0.1) is 0 Å². The lowest BCUT2D eigenvalue weighted by Gasteiger charge is -2.28. The first kappa shape index (κ1) is 28.8. The number of anilines is 3. The number of carbonyl (C=O) groups excluding carboxylic acids is 2. The smallest absolute Gasteiger partial charge is 0.410 e. The van der Waals surface area contributed by atoms with E-state index in [1.54, 1.807) is 47.0 Å². The highest BCUT2D eigenvalue weighted by Gasteiger charge is 2.26. The highest BCUT2D eigenvalue weighted by atomic mass is 32.1. The second-order valence-corrected chi connectivity index (χ2v) is 10.3. The molecule has 0 fully saturated rings. The van der Waals surface area contributed by atoms with Crippen LogP contribution < -0.4 is 15.5 Å². The van der Waals surface area contributed by atoms with E-state index in [4.69, 9.17) is 4.74 Å². The van der Waals surface area contributed by atoms with E-state index in [9.17, 15) is 9.59 Å². The van der Waals surface area contributed by atoms with Crippen molar-refractivity contribution in [2.75, 3.05) is 37.4 Å². The largest absolute Gasteiger partial charge is 0.444 e. The molecule has 0 aliphatic heterocycles. The summed E-state index contributed by atoms with van der Waals surface area (Å²) in [4.78, 5) is 42.4. The van der Waals surface area contributed by atoms with E-state index in [0.29, 0.717) is 35.7 Å².